The molecule has 92 valence electrons. The molecule has 0 aromatic carbocycles. The SMILES string of the molecule is CCCC(C)COCCNC(C)C(C)C. The topological polar surface area (TPSA) is 21.3 Å². The second-order valence-corrected chi connectivity index (χ2v) is 4.96. The molecule has 2 unspecified atom stereocenters. The van der Waals surface area contributed by atoms with Crippen LogP contribution in [0.2, 0.25) is 0 Å². The fraction of sp³-hybridized carbons (Fsp3) is 1.00. The molecule has 0 radical (unpaired) electrons. The van der Waals surface area contributed by atoms with Crippen molar-refractivity contribution in [1.29, 1.82) is 0 Å². The Hall–Kier alpha value is -0.0800. The minimum atomic E-state index is 0.585. The number of hydrogen-bond acceptors (Lipinski definition) is 2. The van der Waals surface area contributed by atoms with E-state index in [-0.39, 0.29) is 0 Å². The van der Waals surface area contributed by atoms with Gasteiger partial charge in [0.15, 0.2) is 0 Å². The Morgan fingerprint density at radius 2 is 1.80 bits per heavy atom. The highest BCUT2D eigenvalue weighted by Gasteiger charge is 2.05. The number of rotatable bonds is 9. The molecule has 0 saturated carbocycles. The van der Waals surface area contributed by atoms with Crippen LogP contribution in [0, 0.1) is 11.8 Å². The van der Waals surface area contributed by atoms with Gasteiger partial charge in [-0.25, -0.2) is 0 Å². The lowest BCUT2D eigenvalue weighted by Crippen LogP contribution is -2.33. The van der Waals surface area contributed by atoms with Crippen LogP contribution in [0.5, 0.6) is 0 Å². The Morgan fingerprint density at radius 3 is 2.33 bits per heavy atom. The van der Waals surface area contributed by atoms with Crippen molar-refractivity contribution in [3.63, 3.8) is 0 Å². The molecule has 1 N–H and O–H groups in total. The first kappa shape index (κ1) is 14.9. The van der Waals surface area contributed by atoms with Crippen molar-refractivity contribution in [2.24, 2.45) is 11.8 Å². The third-order valence-corrected chi connectivity index (χ3v) is 2.90. The summed E-state index contributed by atoms with van der Waals surface area (Å²) in [5.41, 5.74) is 0. The highest BCUT2D eigenvalue weighted by atomic mass is 16.5. The molecule has 0 rings (SSSR count). The van der Waals surface area contributed by atoms with Crippen LogP contribution in [0.4, 0.5) is 0 Å². The molecule has 0 saturated heterocycles. The zero-order chi connectivity index (χ0) is 11.7. The van der Waals surface area contributed by atoms with E-state index >= 15 is 0 Å². The lowest BCUT2D eigenvalue weighted by atomic mass is 10.1. The highest BCUT2D eigenvalue weighted by Crippen LogP contribution is 2.04. The quantitative estimate of drug-likeness (QED) is 0.597. The van der Waals surface area contributed by atoms with E-state index in [1.165, 1.54) is 12.8 Å². The van der Waals surface area contributed by atoms with Crippen LogP contribution < -0.4 is 5.32 Å². The monoisotopic (exact) mass is 215 g/mol. The van der Waals surface area contributed by atoms with E-state index in [0.29, 0.717) is 17.9 Å². The minimum absolute atomic E-state index is 0.585. The standard InChI is InChI=1S/C13H29NO/c1-6-7-12(4)10-15-9-8-14-13(5)11(2)3/h11-14H,6-10H2,1-5H3. The summed E-state index contributed by atoms with van der Waals surface area (Å²) < 4.78 is 5.62. The summed E-state index contributed by atoms with van der Waals surface area (Å²) >= 11 is 0. The smallest absolute Gasteiger partial charge is 0.0591 e. The third-order valence-electron chi connectivity index (χ3n) is 2.90. The normalized spacial score (nSPS) is 15.6. The van der Waals surface area contributed by atoms with Crippen molar-refractivity contribution in [3.05, 3.63) is 0 Å². The maximum absolute atomic E-state index is 5.62. The molecule has 0 aromatic heterocycles. The summed E-state index contributed by atoms with van der Waals surface area (Å²) in [4.78, 5) is 0. The Bertz CT molecular complexity index is 136. The molecule has 0 aliphatic heterocycles. The molecule has 0 aliphatic rings. The van der Waals surface area contributed by atoms with Crippen molar-refractivity contribution in [2.45, 2.75) is 53.5 Å². The van der Waals surface area contributed by atoms with Crippen LogP contribution in [-0.4, -0.2) is 25.8 Å². The molecule has 0 aromatic rings. The molecule has 2 nitrogen and oxygen atoms in total. The summed E-state index contributed by atoms with van der Waals surface area (Å²) in [5.74, 6) is 1.40. The fourth-order valence-corrected chi connectivity index (χ4v) is 1.46. The van der Waals surface area contributed by atoms with Gasteiger partial charge in [-0.05, 0) is 25.2 Å². The van der Waals surface area contributed by atoms with Crippen molar-refractivity contribution in [1.82, 2.24) is 5.32 Å². The van der Waals surface area contributed by atoms with Gasteiger partial charge in [0, 0.05) is 19.2 Å². The molecule has 0 heterocycles. The highest BCUT2D eigenvalue weighted by molar-refractivity contribution is 4.63. The molecular weight excluding hydrogens is 186 g/mol. The molecule has 0 bridgehead atoms. The Kier molecular flexibility index (Phi) is 9.12. The number of hydrogen-bond donors (Lipinski definition) is 1. The first-order valence-electron chi connectivity index (χ1n) is 6.39. The van der Waals surface area contributed by atoms with Gasteiger partial charge < -0.3 is 10.1 Å². The molecule has 0 amide bonds. The van der Waals surface area contributed by atoms with Crippen LogP contribution in [-0.2, 0) is 4.74 Å². The van der Waals surface area contributed by atoms with Crippen molar-refractivity contribution < 1.29 is 4.74 Å². The van der Waals surface area contributed by atoms with Crippen molar-refractivity contribution >= 4 is 0 Å². The summed E-state index contributed by atoms with van der Waals surface area (Å²) in [6, 6.07) is 0.585. The van der Waals surface area contributed by atoms with E-state index in [0.717, 1.165) is 19.8 Å². The van der Waals surface area contributed by atoms with E-state index < -0.39 is 0 Å². The maximum atomic E-state index is 5.62. The van der Waals surface area contributed by atoms with Gasteiger partial charge >= 0.3 is 0 Å². The van der Waals surface area contributed by atoms with Crippen LogP contribution in [0.3, 0.4) is 0 Å². The second kappa shape index (κ2) is 9.17. The molecule has 0 fully saturated rings. The molecule has 2 heteroatoms. The van der Waals surface area contributed by atoms with Gasteiger partial charge in [0.25, 0.3) is 0 Å². The molecule has 0 aliphatic carbocycles. The molecular formula is C13H29NO. The van der Waals surface area contributed by atoms with E-state index in [9.17, 15) is 0 Å². The first-order chi connectivity index (χ1) is 7.07. The van der Waals surface area contributed by atoms with Crippen LogP contribution in [0.15, 0.2) is 0 Å². The first-order valence-corrected chi connectivity index (χ1v) is 6.39. The van der Waals surface area contributed by atoms with Gasteiger partial charge in [0.1, 0.15) is 0 Å². The summed E-state index contributed by atoms with van der Waals surface area (Å²) in [5, 5.41) is 3.46. The third kappa shape index (κ3) is 8.88. The molecule has 15 heavy (non-hydrogen) atoms. The van der Waals surface area contributed by atoms with Gasteiger partial charge in [0.2, 0.25) is 0 Å². The van der Waals surface area contributed by atoms with E-state index in [1.54, 1.807) is 0 Å². The average Bonchev–Trinajstić information content (AvgIpc) is 2.17. The van der Waals surface area contributed by atoms with Crippen LogP contribution in [0.25, 0.3) is 0 Å². The van der Waals surface area contributed by atoms with Gasteiger partial charge in [-0.1, -0.05) is 34.1 Å². The summed E-state index contributed by atoms with van der Waals surface area (Å²) in [6.45, 7) is 13.9. The minimum Gasteiger partial charge on any atom is -0.380 e. The molecule has 0 spiro atoms. The van der Waals surface area contributed by atoms with E-state index in [4.69, 9.17) is 4.74 Å². The number of ether oxygens (including phenoxy) is 1. The van der Waals surface area contributed by atoms with Gasteiger partial charge in [0.05, 0.1) is 6.61 Å². The van der Waals surface area contributed by atoms with Gasteiger partial charge in [-0.2, -0.15) is 0 Å². The number of nitrogens with one attached hydrogen (secondary N) is 1. The van der Waals surface area contributed by atoms with Crippen molar-refractivity contribution in [3.8, 4) is 0 Å². The largest absolute Gasteiger partial charge is 0.380 e. The predicted molar refractivity (Wildman–Crippen MR) is 67.2 cm³/mol. The van der Waals surface area contributed by atoms with Crippen LogP contribution in [0.1, 0.15) is 47.5 Å². The lowest BCUT2D eigenvalue weighted by molar-refractivity contribution is 0.101. The zero-order valence-corrected chi connectivity index (χ0v) is 11.2. The van der Waals surface area contributed by atoms with E-state index in [1.807, 2.05) is 0 Å². The Balaban J connectivity index is 3.24. The fourth-order valence-electron chi connectivity index (χ4n) is 1.46. The van der Waals surface area contributed by atoms with E-state index in [2.05, 4.69) is 39.9 Å². The molecule has 2 atom stereocenters. The summed E-state index contributed by atoms with van der Waals surface area (Å²) in [7, 11) is 0. The van der Waals surface area contributed by atoms with Crippen molar-refractivity contribution in [2.75, 3.05) is 19.8 Å². The summed E-state index contributed by atoms with van der Waals surface area (Å²) in [6.07, 6.45) is 2.53. The van der Waals surface area contributed by atoms with Gasteiger partial charge in [-0.3, -0.25) is 0 Å². The average molecular weight is 215 g/mol. The van der Waals surface area contributed by atoms with Gasteiger partial charge in [-0.15, -0.1) is 0 Å². The zero-order valence-electron chi connectivity index (χ0n) is 11.2. The predicted octanol–water partition coefficient (Wildman–Crippen LogP) is 3.07. The van der Waals surface area contributed by atoms with Crippen LogP contribution >= 0.6 is 0 Å². The maximum Gasteiger partial charge on any atom is 0.0591 e. The Morgan fingerprint density at radius 1 is 1.13 bits per heavy atom. The Labute approximate surface area is 95.8 Å². The lowest BCUT2D eigenvalue weighted by Gasteiger charge is -2.17. The second-order valence-electron chi connectivity index (χ2n) is 4.96.